The van der Waals surface area contributed by atoms with E-state index in [9.17, 15) is 22.0 Å². The van der Waals surface area contributed by atoms with E-state index in [4.69, 9.17) is 5.11 Å². The third-order valence-corrected chi connectivity index (χ3v) is 3.69. The maximum atomic E-state index is 13.6. The van der Waals surface area contributed by atoms with Crippen molar-refractivity contribution >= 4 is 21.7 Å². The highest BCUT2D eigenvalue weighted by Crippen LogP contribution is 2.22. The lowest BCUT2D eigenvalue weighted by atomic mass is 10.2. The number of halogens is 2. The van der Waals surface area contributed by atoms with E-state index in [0.29, 0.717) is 0 Å². The van der Waals surface area contributed by atoms with Crippen LogP contribution in [0.25, 0.3) is 0 Å². The van der Waals surface area contributed by atoms with Crippen molar-refractivity contribution in [3.05, 3.63) is 29.3 Å². The van der Waals surface area contributed by atoms with Gasteiger partial charge in [0.2, 0.25) is 10.0 Å². The Morgan fingerprint density at radius 3 is 2.58 bits per heavy atom. The summed E-state index contributed by atoms with van der Waals surface area (Å²) >= 11 is 0. The Hall–Kier alpha value is -1.70. The number of sulfonamides is 1. The minimum Gasteiger partial charge on any atom is -0.481 e. The molecule has 0 unspecified atom stereocenters. The quantitative estimate of drug-likeness (QED) is 0.839. The van der Waals surface area contributed by atoms with Crippen molar-refractivity contribution in [1.82, 2.24) is 0 Å². The van der Waals surface area contributed by atoms with Gasteiger partial charge in [-0.15, -0.1) is 0 Å². The summed E-state index contributed by atoms with van der Waals surface area (Å²) in [6.07, 6.45) is -0.473. The van der Waals surface area contributed by atoms with Crippen LogP contribution in [0.15, 0.2) is 12.1 Å². The first kappa shape index (κ1) is 15.4. The van der Waals surface area contributed by atoms with E-state index in [1.54, 1.807) is 4.72 Å². The molecule has 0 saturated heterocycles. The van der Waals surface area contributed by atoms with Gasteiger partial charge < -0.3 is 5.11 Å². The largest absolute Gasteiger partial charge is 0.481 e. The molecule has 0 aliphatic rings. The first-order valence-electron chi connectivity index (χ1n) is 5.40. The molecule has 19 heavy (non-hydrogen) atoms. The van der Waals surface area contributed by atoms with Crippen LogP contribution in [0.3, 0.4) is 0 Å². The van der Waals surface area contributed by atoms with E-state index in [2.05, 4.69) is 0 Å². The number of nitrogens with one attached hydrogen (secondary N) is 1. The number of carbonyl (C=O) groups is 1. The van der Waals surface area contributed by atoms with Gasteiger partial charge in [0.05, 0.1) is 5.75 Å². The molecule has 0 atom stereocenters. The molecule has 0 heterocycles. The molecule has 1 rings (SSSR count). The van der Waals surface area contributed by atoms with Gasteiger partial charge in [0.1, 0.15) is 11.5 Å². The van der Waals surface area contributed by atoms with Gasteiger partial charge in [-0.25, -0.2) is 17.2 Å². The highest BCUT2D eigenvalue weighted by atomic mass is 32.2. The molecule has 2 N–H and O–H groups in total. The van der Waals surface area contributed by atoms with Crippen LogP contribution in [-0.4, -0.2) is 25.2 Å². The fourth-order valence-electron chi connectivity index (χ4n) is 1.37. The molecule has 1 aromatic rings. The van der Waals surface area contributed by atoms with Crippen LogP contribution in [-0.2, 0) is 14.8 Å². The summed E-state index contributed by atoms with van der Waals surface area (Å²) < 4.78 is 51.9. The Kier molecular flexibility index (Phi) is 4.82. The lowest BCUT2D eigenvalue weighted by molar-refractivity contribution is -0.137. The zero-order chi connectivity index (χ0) is 14.6. The number of carboxylic acid groups (broad SMARTS) is 1. The second kappa shape index (κ2) is 5.96. The molecule has 8 heteroatoms. The third kappa shape index (κ3) is 4.47. The van der Waals surface area contributed by atoms with Crippen LogP contribution >= 0.6 is 0 Å². The summed E-state index contributed by atoms with van der Waals surface area (Å²) in [5.74, 6) is -3.67. The maximum absolute atomic E-state index is 13.6. The van der Waals surface area contributed by atoms with E-state index in [0.717, 1.165) is 6.07 Å². The first-order chi connectivity index (χ1) is 8.73. The molecule has 0 amide bonds. The van der Waals surface area contributed by atoms with Crippen LogP contribution in [0.4, 0.5) is 14.5 Å². The van der Waals surface area contributed by atoms with Gasteiger partial charge in [-0.1, -0.05) is 6.07 Å². The molecular weight excluding hydrogens is 280 g/mol. The highest BCUT2D eigenvalue weighted by molar-refractivity contribution is 7.92. The van der Waals surface area contributed by atoms with Gasteiger partial charge >= 0.3 is 5.97 Å². The fraction of sp³-hybridized carbons (Fsp3) is 0.364. The number of hydrogen-bond acceptors (Lipinski definition) is 3. The van der Waals surface area contributed by atoms with Crippen LogP contribution in [0, 0.1) is 18.6 Å². The number of benzene rings is 1. The average Bonchev–Trinajstić information content (AvgIpc) is 2.29. The zero-order valence-corrected chi connectivity index (χ0v) is 10.9. The predicted molar refractivity (Wildman–Crippen MR) is 65.4 cm³/mol. The molecule has 0 radical (unpaired) electrons. The van der Waals surface area contributed by atoms with Crippen molar-refractivity contribution in [1.29, 1.82) is 0 Å². The van der Waals surface area contributed by atoms with Crippen molar-refractivity contribution in [2.45, 2.75) is 19.8 Å². The van der Waals surface area contributed by atoms with Gasteiger partial charge in [-0.2, -0.15) is 0 Å². The predicted octanol–water partition coefficient (Wildman–Crippen LogP) is 1.88. The van der Waals surface area contributed by atoms with Gasteiger partial charge in [0.15, 0.2) is 5.82 Å². The lowest BCUT2D eigenvalue weighted by Gasteiger charge is -2.10. The van der Waals surface area contributed by atoms with Crippen molar-refractivity contribution in [2.75, 3.05) is 10.5 Å². The SMILES string of the molecule is Cc1ccc(F)c(NS(=O)(=O)CCCC(=O)O)c1F. The molecule has 0 spiro atoms. The zero-order valence-electron chi connectivity index (χ0n) is 10.1. The summed E-state index contributed by atoms with van der Waals surface area (Å²) in [5, 5.41) is 8.39. The Morgan fingerprint density at radius 1 is 1.37 bits per heavy atom. The summed E-state index contributed by atoms with van der Waals surface area (Å²) in [4.78, 5) is 10.3. The fourth-order valence-corrected chi connectivity index (χ4v) is 2.49. The van der Waals surface area contributed by atoms with Crippen LogP contribution in [0.1, 0.15) is 18.4 Å². The van der Waals surface area contributed by atoms with Gasteiger partial charge in [0.25, 0.3) is 0 Å². The Bertz CT molecular complexity index is 587. The van der Waals surface area contributed by atoms with Crippen LogP contribution in [0.2, 0.25) is 0 Å². The minimum atomic E-state index is -3.99. The highest BCUT2D eigenvalue weighted by Gasteiger charge is 2.18. The van der Waals surface area contributed by atoms with E-state index in [1.807, 2.05) is 0 Å². The summed E-state index contributed by atoms with van der Waals surface area (Å²) in [6.45, 7) is 1.37. The topological polar surface area (TPSA) is 83.5 Å². The van der Waals surface area contributed by atoms with Gasteiger partial charge in [0, 0.05) is 6.42 Å². The van der Waals surface area contributed by atoms with Gasteiger partial charge in [-0.05, 0) is 25.0 Å². The smallest absolute Gasteiger partial charge is 0.303 e. The van der Waals surface area contributed by atoms with Crippen molar-refractivity contribution in [2.24, 2.45) is 0 Å². The van der Waals surface area contributed by atoms with E-state index >= 15 is 0 Å². The molecule has 5 nitrogen and oxygen atoms in total. The van der Waals surface area contributed by atoms with E-state index in [-0.39, 0.29) is 18.4 Å². The molecule has 106 valence electrons. The summed E-state index contributed by atoms with van der Waals surface area (Å²) in [7, 11) is -3.99. The lowest BCUT2D eigenvalue weighted by Crippen LogP contribution is -2.19. The van der Waals surface area contributed by atoms with Crippen LogP contribution in [0.5, 0.6) is 0 Å². The average molecular weight is 293 g/mol. The number of aliphatic carboxylic acids is 1. The van der Waals surface area contributed by atoms with Crippen molar-refractivity contribution in [3.63, 3.8) is 0 Å². The van der Waals surface area contributed by atoms with Crippen molar-refractivity contribution in [3.8, 4) is 0 Å². The molecular formula is C11H13F2NO4S. The van der Waals surface area contributed by atoms with Crippen molar-refractivity contribution < 1.29 is 27.1 Å². The Balaban J connectivity index is 2.84. The molecule has 0 bridgehead atoms. The maximum Gasteiger partial charge on any atom is 0.303 e. The second-order valence-electron chi connectivity index (χ2n) is 3.97. The number of anilines is 1. The molecule has 0 saturated carbocycles. The number of hydrogen-bond donors (Lipinski definition) is 2. The van der Waals surface area contributed by atoms with Crippen LogP contribution < -0.4 is 4.72 Å². The second-order valence-corrected chi connectivity index (χ2v) is 5.81. The third-order valence-electron chi connectivity index (χ3n) is 2.35. The molecule has 0 fully saturated rings. The first-order valence-corrected chi connectivity index (χ1v) is 7.05. The Labute approximate surface area is 109 Å². The minimum absolute atomic E-state index is 0.102. The molecule has 0 aliphatic carbocycles. The Morgan fingerprint density at radius 2 is 2.00 bits per heavy atom. The summed E-state index contributed by atoms with van der Waals surface area (Å²) in [6, 6.07) is 2.14. The van der Waals surface area contributed by atoms with E-state index < -0.39 is 39.1 Å². The number of rotatable bonds is 6. The summed E-state index contributed by atoms with van der Waals surface area (Å²) in [5.41, 5.74) is -0.639. The number of aryl methyl sites for hydroxylation is 1. The monoisotopic (exact) mass is 293 g/mol. The van der Waals surface area contributed by atoms with E-state index in [1.165, 1.54) is 13.0 Å². The van der Waals surface area contributed by atoms with Gasteiger partial charge in [-0.3, -0.25) is 9.52 Å². The normalized spacial score (nSPS) is 11.3. The molecule has 1 aromatic carbocycles. The standard InChI is InChI=1S/C11H13F2NO4S/c1-7-4-5-8(12)11(10(7)13)14-19(17,18)6-2-3-9(15)16/h4-5,14H,2-3,6H2,1H3,(H,15,16). The molecule has 0 aliphatic heterocycles. The molecule has 0 aromatic heterocycles. The number of carboxylic acids is 1.